The monoisotopic (exact) mass is 527 g/mol. The van der Waals surface area contributed by atoms with Gasteiger partial charge in [-0.2, -0.15) is 26.3 Å². The Labute approximate surface area is 212 Å². The lowest BCUT2D eigenvalue weighted by Gasteiger charge is -2.28. The Bertz CT molecular complexity index is 1090. The van der Waals surface area contributed by atoms with Crippen LogP contribution in [0.1, 0.15) is 60.4 Å². The van der Waals surface area contributed by atoms with Gasteiger partial charge in [0.15, 0.2) is 0 Å². The van der Waals surface area contributed by atoms with E-state index in [9.17, 15) is 26.3 Å². The smallest absolute Gasteiger partial charge is 0.373 e. The summed E-state index contributed by atoms with van der Waals surface area (Å²) < 4.78 is 79.5. The first-order chi connectivity index (χ1) is 17.3. The SMILES string of the molecule is CNc1nc(N(CC2CC2)CC2CC2)c(CNCc2cc(C(F)(F)F)cc(C(F)(F)F)c2)cc1C(C)=N. The second-order valence-electron chi connectivity index (χ2n) is 10.1. The second kappa shape index (κ2) is 10.5. The van der Waals surface area contributed by atoms with Crippen molar-refractivity contribution in [1.29, 1.82) is 5.41 Å². The maximum atomic E-state index is 13.2. The predicted molar refractivity (Wildman–Crippen MR) is 131 cm³/mol. The number of aromatic nitrogens is 1. The Balaban J connectivity index is 1.61. The van der Waals surface area contributed by atoms with Gasteiger partial charge in [0.1, 0.15) is 11.6 Å². The van der Waals surface area contributed by atoms with E-state index in [0.29, 0.717) is 28.9 Å². The van der Waals surface area contributed by atoms with Gasteiger partial charge in [-0.1, -0.05) is 0 Å². The fraction of sp³-hybridized carbons (Fsp3) is 0.538. The molecule has 0 spiro atoms. The van der Waals surface area contributed by atoms with Crippen LogP contribution in [0.2, 0.25) is 0 Å². The molecule has 0 unspecified atom stereocenters. The third-order valence-corrected chi connectivity index (χ3v) is 6.66. The first-order valence-electron chi connectivity index (χ1n) is 12.4. The maximum Gasteiger partial charge on any atom is 0.416 e. The molecule has 2 aromatic rings. The molecule has 0 amide bonds. The number of alkyl halides is 6. The van der Waals surface area contributed by atoms with Crippen molar-refractivity contribution >= 4 is 17.3 Å². The predicted octanol–water partition coefficient (Wildman–Crippen LogP) is 6.46. The van der Waals surface area contributed by atoms with Crippen molar-refractivity contribution in [3.05, 3.63) is 52.1 Å². The second-order valence-corrected chi connectivity index (χ2v) is 10.1. The van der Waals surface area contributed by atoms with Gasteiger partial charge in [0.05, 0.1) is 11.1 Å². The number of pyridine rings is 1. The van der Waals surface area contributed by atoms with Gasteiger partial charge >= 0.3 is 12.4 Å². The molecule has 0 aliphatic heterocycles. The fourth-order valence-corrected chi connectivity index (χ4v) is 4.36. The summed E-state index contributed by atoms with van der Waals surface area (Å²) in [5.74, 6) is 2.49. The Morgan fingerprint density at radius 3 is 1.89 bits per heavy atom. The van der Waals surface area contributed by atoms with Crippen molar-refractivity contribution in [3.63, 3.8) is 0 Å². The average Bonchev–Trinajstić information content (AvgIpc) is 3.74. The topological polar surface area (TPSA) is 64.0 Å². The average molecular weight is 528 g/mol. The summed E-state index contributed by atoms with van der Waals surface area (Å²) >= 11 is 0. The Morgan fingerprint density at radius 1 is 0.919 bits per heavy atom. The molecule has 1 aromatic carbocycles. The van der Waals surface area contributed by atoms with Gasteiger partial charge in [0.2, 0.25) is 0 Å². The standard InChI is InChI=1S/C26H31F6N5/c1-15(33)22-9-19(24(36-23(22)34-2)37(13-16-3-4-16)14-17-5-6-17)12-35-11-18-7-20(25(27,28)29)10-21(8-18)26(30,31)32/h7-10,16-17,33,35H,3-6,11-14H2,1-2H3,(H,34,36). The van der Waals surface area contributed by atoms with E-state index in [1.165, 1.54) is 0 Å². The van der Waals surface area contributed by atoms with Crippen LogP contribution in [0.15, 0.2) is 24.3 Å². The Hall–Kier alpha value is -2.82. The maximum absolute atomic E-state index is 13.2. The first-order valence-corrected chi connectivity index (χ1v) is 12.4. The molecular formula is C26H31F6N5. The van der Waals surface area contributed by atoms with E-state index in [0.717, 1.165) is 62.3 Å². The lowest BCUT2D eigenvalue weighted by Crippen LogP contribution is -2.31. The van der Waals surface area contributed by atoms with E-state index in [4.69, 9.17) is 10.4 Å². The highest BCUT2D eigenvalue weighted by Crippen LogP contribution is 2.38. The molecule has 0 bridgehead atoms. The minimum absolute atomic E-state index is 0.111. The number of nitrogens with one attached hydrogen (secondary N) is 3. The molecule has 2 saturated carbocycles. The molecule has 1 aromatic heterocycles. The van der Waals surface area contributed by atoms with Crippen LogP contribution in [0.25, 0.3) is 0 Å². The van der Waals surface area contributed by atoms with Crippen molar-refractivity contribution in [3.8, 4) is 0 Å². The number of benzene rings is 1. The number of rotatable bonds is 11. The molecule has 0 radical (unpaired) electrons. The van der Waals surface area contributed by atoms with E-state index in [1.54, 1.807) is 14.0 Å². The van der Waals surface area contributed by atoms with Gasteiger partial charge in [0.25, 0.3) is 0 Å². The molecule has 2 aliphatic carbocycles. The number of nitrogens with zero attached hydrogens (tertiary/aromatic N) is 2. The molecule has 2 fully saturated rings. The summed E-state index contributed by atoms with van der Waals surface area (Å²) in [7, 11) is 1.73. The molecule has 3 N–H and O–H groups in total. The zero-order chi connectivity index (χ0) is 27.0. The van der Waals surface area contributed by atoms with Crippen molar-refractivity contribution in [2.75, 3.05) is 30.4 Å². The first kappa shape index (κ1) is 27.2. The van der Waals surface area contributed by atoms with E-state index in [2.05, 4.69) is 15.5 Å². The van der Waals surface area contributed by atoms with Crippen LogP contribution >= 0.6 is 0 Å². The number of halogens is 6. The Kier molecular flexibility index (Phi) is 7.73. The summed E-state index contributed by atoms with van der Waals surface area (Å²) in [6.07, 6.45) is -5.16. The lowest BCUT2D eigenvalue weighted by molar-refractivity contribution is -0.143. The molecule has 37 heavy (non-hydrogen) atoms. The van der Waals surface area contributed by atoms with Gasteiger partial charge in [-0.25, -0.2) is 4.98 Å². The highest BCUT2D eigenvalue weighted by Gasteiger charge is 2.37. The van der Waals surface area contributed by atoms with Crippen LogP contribution < -0.4 is 15.5 Å². The minimum Gasteiger partial charge on any atom is -0.373 e. The quantitative estimate of drug-likeness (QED) is 0.232. The van der Waals surface area contributed by atoms with E-state index < -0.39 is 23.5 Å². The van der Waals surface area contributed by atoms with E-state index >= 15 is 0 Å². The van der Waals surface area contributed by atoms with Crippen LogP contribution in [-0.4, -0.2) is 30.8 Å². The molecule has 1 heterocycles. The number of hydrogen-bond donors (Lipinski definition) is 3. The summed E-state index contributed by atoms with van der Waals surface area (Å²) in [4.78, 5) is 7.08. The highest BCUT2D eigenvalue weighted by atomic mass is 19.4. The third-order valence-electron chi connectivity index (χ3n) is 6.66. The van der Waals surface area contributed by atoms with Crippen LogP contribution in [0, 0.1) is 17.2 Å². The van der Waals surface area contributed by atoms with Crippen molar-refractivity contribution in [2.24, 2.45) is 11.8 Å². The van der Waals surface area contributed by atoms with Gasteiger partial charge in [-0.15, -0.1) is 0 Å². The van der Waals surface area contributed by atoms with Crippen LogP contribution in [0.3, 0.4) is 0 Å². The molecule has 202 valence electrons. The molecule has 11 heteroatoms. The van der Waals surface area contributed by atoms with Gasteiger partial charge in [-0.3, -0.25) is 0 Å². The van der Waals surface area contributed by atoms with Crippen molar-refractivity contribution in [1.82, 2.24) is 10.3 Å². The van der Waals surface area contributed by atoms with Gasteiger partial charge in [0, 0.05) is 50.1 Å². The minimum atomic E-state index is -4.89. The van der Waals surface area contributed by atoms with Gasteiger partial charge < -0.3 is 20.9 Å². The summed E-state index contributed by atoms with van der Waals surface area (Å²) in [5.41, 5.74) is -1.12. The van der Waals surface area contributed by atoms with Crippen LogP contribution in [0.4, 0.5) is 38.0 Å². The molecule has 0 atom stereocenters. The number of anilines is 2. The summed E-state index contributed by atoms with van der Waals surface area (Å²) in [5, 5.41) is 14.2. The molecule has 5 nitrogen and oxygen atoms in total. The number of hydrogen-bond acceptors (Lipinski definition) is 5. The molecule has 2 aliphatic rings. The van der Waals surface area contributed by atoms with Crippen LogP contribution in [0.5, 0.6) is 0 Å². The normalized spacial score (nSPS) is 16.1. The van der Waals surface area contributed by atoms with E-state index in [-0.39, 0.29) is 24.7 Å². The zero-order valence-electron chi connectivity index (χ0n) is 20.8. The lowest BCUT2D eigenvalue weighted by atomic mass is 10.0. The van der Waals surface area contributed by atoms with Crippen LogP contribution in [-0.2, 0) is 25.4 Å². The zero-order valence-corrected chi connectivity index (χ0v) is 20.8. The highest BCUT2D eigenvalue weighted by molar-refractivity contribution is 6.01. The van der Waals surface area contributed by atoms with Gasteiger partial charge in [-0.05, 0) is 74.3 Å². The largest absolute Gasteiger partial charge is 0.416 e. The molecule has 0 saturated heterocycles. The summed E-state index contributed by atoms with van der Waals surface area (Å²) in [6, 6.07) is 3.45. The summed E-state index contributed by atoms with van der Waals surface area (Å²) in [6.45, 7) is 3.33. The fourth-order valence-electron chi connectivity index (χ4n) is 4.36. The molecular weight excluding hydrogens is 496 g/mol. The van der Waals surface area contributed by atoms with Crippen molar-refractivity contribution < 1.29 is 26.3 Å². The Morgan fingerprint density at radius 2 is 1.46 bits per heavy atom. The third kappa shape index (κ3) is 7.15. The van der Waals surface area contributed by atoms with E-state index in [1.807, 2.05) is 6.07 Å². The van der Waals surface area contributed by atoms with Crippen molar-refractivity contribution in [2.45, 2.75) is 58.0 Å². The molecule has 4 rings (SSSR count).